The summed E-state index contributed by atoms with van der Waals surface area (Å²) in [5.74, 6) is -0.529. The van der Waals surface area contributed by atoms with Gasteiger partial charge in [0.05, 0.1) is 13.7 Å². The molecule has 1 amide bonds. The lowest BCUT2D eigenvalue weighted by molar-refractivity contribution is -0.143. The summed E-state index contributed by atoms with van der Waals surface area (Å²) in [5, 5.41) is 2.51. The second-order valence-corrected chi connectivity index (χ2v) is 6.05. The van der Waals surface area contributed by atoms with Gasteiger partial charge in [0, 0.05) is 13.0 Å². The van der Waals surface area contributed by atoms with Gasteiger partial charge in [-0.05, 0) is 26.3 Å². The molecule has 0 spiro atoms. The summed E-state index contributed by atoms with van der Waals surface area (Å²) in [6.45, 7) is 6.01. The highest BCUT2D eigenvalue weighted by atomic mass is 16.6. The number of methoxy groups -OCH3 is 1. The minimum absolute atomic E-state index is 0.304. The van der Waals surface area contributed by atoms with Crippen molar-refractivity contribution in [1.29, 1.82) is 0 Å². The minimum Gasteiger partial charge on any atom is -0.467 e. The average molecular weight is 323 g/mol. The minimum atomic E-state index is -0.800. The Balaban J connectivity index is 2.42. The maximum atomic E-state index is 11.8. The van der Waals surface area contributed by atoms with Gasteiger partial charge in [-0.1, -0.05) is 30.3 Å². The number of rotatable bonds is 7. The first kappa shape index (κ1) is 19.0. The molecule has 0 radical (unpaired) electrons. The third-order valence-electron chi connectivity index (χ3n) is 2.84. The van der Waals surface area contributed by atoms with Crippen molar-refractivity contribution in [1.82, 2.24) is 5.32 Å². The Bertz CT molecular complexity index is 495. The molecule has 1 unspecified atom stereocenters. The largest absolute Gasteiger partial charge is 0.467 e. The molecule has 0 aliphatic carbocycles. The molecule has 1 rings (SSSR count). The molecule has 0 fully saturated rings. The lowest BCUT2D eigenvalue weighted by Crippen LogP contribution is -2.44. The number of amides is 1. The second-order valence-electron chi connectivity index (χ2n) is 6.05. The summed E-state index contributed by atoms with van der Waals surface area (Å²) in [5.41, 5.74) is 0.413. The highest BCUT2D eigenvalue weighted by Gasteiger charge is 2.24. The van der Waals surface area contributed by atoms with Crippen molar-refractivity contribution in [3.63, 3.8) is 0 Å². The summed E-state index contributed by atoms with van der Waals surface area (Å²) >= 11 is 0. The van der Waals surface area contributed by atoms with Crippen LogP contribution in [0.15, 0.2) is 30.3 Å². The first-order chi connectivity index (χ1) is 10.8. The van der Waals surface area contributed by atoms with Gasteiger partial charge in [-0.3, -0.25) is 0 Å². The number of nitrogens with one attached hydrogen (secondary N) is 1. The topological polar surface area (TPSA) is 73.9 Å². The normalized spacial score (nSPS) is 12.3. The summed E-state index contributed by atoms with van der Waals surface area (Å²) in [7, 11) is 1.27. The number of benzene rings is 1. The van der Waals surface area contributed by atoms with E-state index in [4.69, 9.17) is 14.2 Å². The van der Waals surface area contributed by atoms with Gasteiger partial charge in [0.2, 0.25) is 0 Å². The van der Waals surface area contributed by atoms with Crippen LogP contribution in [0.3, 0.4) is 0 Å². The van der Waals surface area contributed by atoms with Crippen molar-refractivity contribution in [2.75, 3.05) is 13.7 Å². The fourth-order valence-corrected chi connectivity index (χ4v) is 1.81. The van der Waals surface area contributed by atoms with Crippen molar-refractivity contribution < 1.29 is 23.8 Å². The Morgan fingerprint density at radius 1 is 1.17 bits per heavy atom. The Morgan fingerprint density at radius 3 is 2.39 bits per heavy atom. The number of hydrogen-bond donors (Lipinski definition) is 1. The van der Waals surface area contributed by atoms with Gasteiger partial charge < -0.3 is 19.5 Å². The summed E-state index contributed by atoms with van der Waals surface area (Å²) in [6.07, 6.45) is -0.352. The van der Waals surface area contributed by atoms with Gasteiger partial charge in [0.1, 0.15) is 11.6 Å². The van der Waals surface area contributed by atoms with Crippen LogP contribution in [-0.4, -0.2) is 37.4 Å². The summed E-state index contributed by atoms with van der Waals surface area (Å²) in [6, 6.07) is 8.90. The van der Waals surface area contributed by atoms with Crippen molar-refractivity contribution in [3.8, 4) is 0 Å². The van der Waals surface area contributed by atoms with E-state index in [9.17, 15) is 9.59 Å². The molecule has 128 valence electrons. The zero-order valence-electron chi connectivity index (χ0n) is 14.1. The number of hydrogen-bond acceptors (Lipinski definition) is 5. The van der Waals surface area contributed by atoms with Crippen LogP contribution < -0.4 is 5.32 Å². The number of ether oxygens (including phenoxy) is 3. The van der Waals surface area contributed by atoms with Crippen LogP contribution in [0, 0.1) is 0 Å². The molecule has 0 aliphatic rings. The van der Waals surface area contributed by atoms with E-state index in [0.717, 1.165) is 5.56 Å². The molecule has 1 aromatic rings. The van der Waals surface area contributed by atoms with E-state index in [2.05, 4.69) is 5.32 Å². The van der Waals surface area contributed by atoms with Crippen LogP contribution in [-0.2, 0) is 25.6 Å². The fourth-order valence-electron chi connectivity index (χ4n) is 1.81. The highest BCUT2D eigenvalue weighted by Crippen LogP contribution is 2.08. The van der Waals surface area contributed by atoms with E-state index in [0.29, 0.717) is 19.6 Å². The van der Waals surface area contributed by atoms with Crippen molar-refractivity contribution in [2.45, 2.75) is 45.4 Å². The lowest BCUT2D eigenvalue weighted by atomic mass is 10.2. The van der Waals surface area contributed by atoms with Crippen LogP contribution in [0.5, 0.6) is 0 Å². The molecular formula is C17H25NO5. The Labute approximate surface area is 137 Å². The van der Waals surface area contributed by atoms with E-state index in [-0.39, 0.29) is 0 Å². The summed E-state index contributed by atoms with van der Waals surface area (Å²) < 4.78 is 15.4. The molecule has 0 aromatic heterocycles. The summed E-state index contributed by atoms with van der Waals surface area (Å²) in [4.78, 5) is 23.5. The Morgan fingerprint density at radius 2 is 1.83 bits per heavy atom. The van der Waals surface area contributed by atoms with Crippen molar-refractivity contribution in [2.24, 2.45) is 0 Å². The molecule has 1 aromatic carbocycles. The van der Waals surface area contributed by atoms with Crippen LogP contribution in [0.25, 0.3) is 0 Å². The molecule has 0 heterocycles. The third-order valence-corrected chi connectivity index (χ3v) is 2.84. The van der Waals surface area contributed by atoms with Crippen LogP contribution in [0.1, 0.15) is 32.8 Å². The number of alkyl carbamates (subject to hydrolysis) is 1. The molecule has 1 atom stereocenters. The monoisotopic (exact) mass is 323 g/mol. The molecule has 0 bridgehead atoms. The molecule has 6 heteroatoms. The second kappa shape index (κ2) is 9.15. The van der Waals surface area contributed by atoms with Gasteiger partial charge >= 0.3 is 12.1 Å². The first-order valence-corrected chi connectivity index (χ1v) is 7.51. The molecular weight excluding hydrogens is 298 g/mol. The van der Waals surface area contributed by atoms with E-state index in [1.165, 1.54) is 7.11 Å². The van der Waals surface area contributed by atoms with Gasteiger partial charge in [0.15, 0.2) is 0 Å². The highest BCUT2D eigenvalue weighted by molar-refractivity contribution is 5.81. The molecule has 0 saturated carbocycles. The number of carbonyl (C=O) groups is 2. The first-order valence-electron chi connectivity index (χ1n) is 7.51. The maximum absolute atomic E-state index is 11.8. The van der Waals surface area contributed by atoms with Crippen LogP contribution >= 0.6 is 0 Å². The fraction of sp³-hybridized carbons (Fsp3) is 0.529. The Kier molecular flexibility index (Phi) is 7.54. The molecule has 1 N–H and O–H groups in total. The van der Waals surface area contributed by atoms with Gasteiger partial charge in [-0.25, -0.2) is 9.59 Å². The van der Waals surface area contributed by atoms with Crippen molar-refractivity contribution in [3.05, 3.63) is 35.9 Å². The third kappa shape index (κ3) is 8.21. The predicted octanol–water partition coefficient (Wildman–Crippen LogP) is 2.66. The SMILES string of the molecule is COC(=O)C(CCOCc1ccccc1)NC(=O)OC(C)(C)C. The van der Waals surface area contributed by atoms with Gasteiger partial charge in [0.25, 0.3) is 0 Å². The Hall–Kier alpha value is -2.08. The quantitative estimate of drug-likeness (QED) is 0.617. The number of carbonyl (C=O) groups excluding carboxylic acids is 2. The number of esters is 1. The van der Waals surface area contributed by atoms with E-state index in [1.54, 1.807) is 20.8 Å². The standard InChI is InChI=1S/C17H25NO5/c1-17(2,3)23-16(20)18-14(15(19)21-4)10-11-22-12-13-8-6-5-7-9-13/h5-9,14H,10-12H2,1-4H3,(H,18,20). The van der Waals surface area contributed by atoms with Crippen LogP contribution in [0.2, 0.25) is 0 Å². The maximum Gasteiger partial charge on any atom is 0.408 e. The molecule has 23 heavy (non-hydrogen) atoms. The zero-order chi connectivity index (χ0) is 17.3. The molecule has 0 saturated heterocycles. The average Bonchev–Trinajstić information content (AvgIpc) is 2.48. The smallest absolute Gasteiger partial charge is 0.408 e. The van der Waals surface area contributed by atoms with Crippen LogP contribution in [0.4, 0.5) is 4.79 Å². The van der Waals surface area contributed by atoms with E-state index < -0.39 is 23.7 Å². The molecule has 6 nitrogen and oxygen atoms in total. The van der Waals surface area contributed by atoms with Gasteiger partial charge in [-0.2, -0.15) is 0 Å². The molecule has 0 aliphatic heterocycles. The van der Waals surface area contributed by atoms with E-state index >= 15 is 0 Å². The predicted molar refractivity (Wildman–Crippen MR) is 85.9 cm³/mol. The van der Waals surface area contributed by atoms with Gasteiger partial charge in [-0.15, -0.1) is 0 Å². The van der Waals surface area contributed by atoms with E-state index in [1.807, 2.05) is 30.3 Å². The zero-order valence-corrected chi connectivity index (χ0v) is 14.1. The van der Waals surface area contributed by atoms with Crippen molar-refractivity contribution >= 4 is 12.1 Å². The lowest BCUT2D eigenvalue weighted by Gasteiger charge is -2.22.